The van der Waals surface area contributed by atoms with Crippen LogP contribution in [0.4, 0.5) is 15.3 Å². The van der Waals surface area contributed by atoms with Crippen molar-refractivity contribution < 1.29 is 57.4 Å². The van der Waals surface area contributed by atoms with Crippen LogP contribution in [0.2, 0.25) is 0 Å². The Balaban J connectivity index is 0.993. The number of amides is 10. The summed E-state index contributed by atoms with van der Waals surface area (Å²) in [7, 11) is 2.89. The van der Waals surface area contributed by atoms with Gasteiger partial charge in [0, 0.05) is 61.2 Å². The van der Waals surface area contributed by atoms with Crippen molar-refractivity contribution in [2.24, 2.45) is 5.41 Å². The zero-order valence-electron chi connectivity index (χ0n) is 58.5. The molecule has 0 spiro atoms. The average molecular weight is 1340 g/mol. The molecule has 0 bridgehead atoms. The minimum absolute atomic E-state index is 0.0538. The van der Waals surface area contributed by atoms with Crippen molar-refractivity contribution in [2.75, 3.05) is 32.2 Å². The van der Waals surface area contributed by atoms with Crippen LogP contribution < -0.4 is 31.9 Å². The molecule has 1 fully saturated rings. The highest BCUT2D eigenvalue weighted by Gasteiger charge is 2.48. The highest BCUT2D eigenvalue weighted by Crippen LogP contribution is 2.36. The first-order valence-electron chi connectivity index (χ1n) is 33.2. The van der Waals surface area contributed by atoms with E-state index < -0.39 is 117 Å². The summed E-state index contributed by atoms with van der Waals surface area (Å²) in [6, 6.07) is 19.5. The third kappa shape index (κ3) is 17.8. The number of likely N-dealkylation sites (tertiary alicyclic amines) is 1. The van der Waals surface area contributed by atoms with Gasteiger partial charge in [0.1, 0.15) is 47.5 Å². The Labute approximate surface area is 569 Å². The fourth-order valence-corrected chi connectivity index (χ4v) is 13.0. The third-order valence-corrected chi connectivity index (χ3v) is 19.9. The summed E-state index contributed by atoms with van der Waals surface area (Å²) in [5.74, 6) is -4.05. The molecule has 9 atom stereocenters. The van der Waals surface area contributed by atoms with Gasteiger partial charge in [-0.1, -0.05) is 75.4 Å². The second-order valence-corrected chi connectivity index (χ2v) is 31.0. The number of fused-ring (bicyclic) bond motifs is 3. The lowest BCUT2D eigenvalue weighted by atomic mass is 9.85. The number of carbonyl (C=O) groups is 10. The van der Waals surface area contributed by atoms with Crippen molar-refractivity contribution in [3.63, 3.8) is 0 Å². The van der Waals surface area contributed by atoms with Gasteiger partial charge in [0.15, 0.2) is 0 Å². The molecular formula is C73H98N10O12S. The maximum Gasteiger partial charge on any atom is 0.410 e. The van der Waals surface area contributed by atoms with Gasteiger partial charge in [-0.3, -0.25) is 48.2 Å². The minimum Gasteiger partial charge on any atom is -0.444 e. The van der Waals surface area contributed by atoms with E-state index in [4.69, 9.17) is 9.47 Å². The lowest BCUT2D eigenvalue weighted by Gasteiger charge is -2.42. The number of rotatable bonds is 18. The predicted molar refractivity (Wildman–Crippen MR) is 369 cm³/mol. The maximum absolute atomic E-state index is 15.4. The zero-order valence-corrected chi connectivity index (χ0v) is 59.3. The summed E-state index contributed by atoms with van der Waals surface area (Å²) in [4.78, 5) is 148. The van der Waals surface area contributed by atoms with Crippen LogP contribution in [0.3, 0.4) is 0 Å². The van der Waals surface area contributed by atoms with Gasteiger partial charge < -0.3 is 51.2 Å². The Kier molecular flexibility index (Phi) is 22.8. The van der Waals surface area contributed by atoms with Crippen LogP contribution in [0.15, 0.2) is 91.0 Å². The number of nitrogens with zero attached hydrogens (tertiary/aromatic N) is 4. The molecule has 6 N–H and O–H groups in total. The fourth-order valence-electron chi connectivity index (χ4n) is 12.6. The molecule has 1 saturated heterocycles. The molecule has 2 heterocycles. The normalized spacial score (nSPS) is 19.8. The summed E-state index contributed by atoms with van der Waals surface area (Å²) in [6.07, 6.45) is 5.45. The smallest absolute Gasteiger partial charge is 0.410 e. The summed E-state index contributed by atoms with van der Waals surface area (Å²) < 4.78 is 10.1. The zero-order chi connectivity index (χ0) is 70.5. The fraction of sp³-hybridized carbons (Fsp3) is 0.534. The van der Waals surface area contributed by atoms with Crippen LogP contribution in [-0.2, 0) is 64.0 Å². The summed E-state index contributed by atoms with van der Waals surface area (Å²) in [5, 5.41) is 18.3. The van der Waals surface area contributed by atoms with Gasteiger partial charge in [0.05, 0.1) is 12.1 Å². The molecule has 2 aliphatic carbocycles. The van der Waals surface area contributed by atoms with Crippen LogP contribution in [0.5, 0.6) is 0 Å². The molecular weight excluding hydrogens is 1240 g/mol. The Bertz CT molecular complexity index is 3590. The quantitative estimate of drug-likeness (QED) is 0.0544. The number of benzene rings is 4. The second-order valence-electron chi connectivity index (χ2n) is 29.5. The predicted octanol–water partition coefficient (Wildman–Crippen LogP) is 8.95. The molecule has 23 heteroatoms. The van der Waals surface area contributed by atoms with Gasteiger partial charge in [-0.25, -0.2) is 9.59 Å². The SMILES string of the molecule is CSC(C)(C)[C@H](NC(=O)[C@H](C)N(C)C(=O)OC(C)(C)C)C(=O)N1Cc2cc(NC(=O)c3ccc(C(=O)NC4CC(C(=O)NC5CCCc6ccccc65)N(C(=O)C(NC(=O)[C@H](C)N(C)C(=O)OC(C)(C)C)C(C)(C)C)C4)cc3)ccc2C[C@H]1C(=O)N[C@@H]1CCCc2ccccc21. The van der Waals surface area contributed by atoms with Crippen LogP contribution >= 0.6 is 11.8 Å². The number of carbonyl (C=O) groups excluding carboxylic acids is 10. The Morgan fingerprint density at radius 3 is 1.51 bits per heavy atom. The number of hydrogen-bond donors (Lipinski definition) is 6. The minimum atomic E-state index is -1.18. The molecule has 96 heavy (non-hydrogen) atoms. The van der Waals surface area contributed by atoms with E-state index in [1.165, 1.54) is 71.7 Å². The molecule has 518 valence electrons. The largest absolute Gasteiger partial charge is 0.444 e. The van der Waals surface area contributed by atoms with Crippen LogP contribution in [0.25, 0.3) is 0 Å². The highest BCUT2D eigenvalue weighted by molar-refractivity contribution is 8.00. The van der Waals surface area contributed by atoms with Crippen molar-refractivity contribution >= 4 is 76.9 Å². The molecule has 4 aromatic carbocycles. The van der Waals surface area contributed by atoms with E-state index in [0.29, 0.717) is 24.1 Å². The Morgan fingerprint density at radius 2 is 1.02 bits per heavy atom. The van der Waals surface area contributed by atoms with E-state index in [0.717, 1.165) is 58.4 Å². The molecule has 22 nitrogen and oxygen atoms in total. The van der Waals surface area contributed by atoms with E-state index in [1.807, 2.05) is 68.6 Å². The van der Waals surface area contributed by atoms with Gasteiger partial charge in [-0.05, 0) is 196 Å². The lowest BCUT2D eigenvalue weighted by Crippen LogP contribution is -2.63. The number of anilines is 1. The van der Waals surface area contributed by atoms with E-state index >= 15 is 9.59 Å². The van der Waals surface area contributed by atoms with Crippen molar-refractivity contribution in [3.05, 3.63) is 136 Å². The van der Waals surface area contributed by atoms with Crippen molar-refractivity contribution in [2.45, 2.75) is 218 Å². The highest BCUT2D eigenvalue weighted by atomic mass is 32.2. The molecule has 0 radical (unpaired) electrons. The number of ether oxygens (including phenoxy) is 2. The van der Waals surface area contributed by atoms with Gasteiger partial charge in [0.25, 0.3) is 11.8 Å². The number of likely N-dealkylation sites (N-methyl/N-ethyl adjacent to an activating group) is 2. The summed E-state index contributed by atoms with van der Waals surface area (Å²) >= 11 is 1.36. The van der Waals surface area contributed by atoms with E-state index in [1.54, 1.807) is 81.4 Å². The molecule has 0 saturated carbocycles. The van der Waals surface area contributed by atoms with E-state index in [2.05, 4.69) is 38.0 Å². The third-order valence-electron chi connectivity index (χ3n) is 18.6. The molecule has 4 aromatic rings. The van der Waals surface area contributed by atoms with Gasteiger partial charge in [0.2, 0.25) is 35.4 Å². The van der Waals surface area contributed by atoms with Gasteiger partial charge in [-0.2, -0.15) is 11.8 Å². The topological polar surface area (TPSA) is 274 Å². The van der Waals surface area contributed by atoms with Crippen LogP contribution in [0, 0.1) is 5.41 Å². The average Bonchev–Trinajstić information content (AvgIpc) is 1.19. The molecule has 10 amide bonds. The number of thioether (sulfide) groups is 1. The summed E-state index contributed by atoms with van der Waals surface area (Å²) in [5.41, 5.74) is 4.03. The van der Waals surface area contributed by atoms with E-state index in [9.17, 15) is 38.4 Å². The monoisotopic (exact) mass is 1340 g/mol. The molecule has 4 unspecified atom stereocenters. The lowest BCUT2D eigenvalue weighted by molar-refractivity contribution is -0.145. The first-order chi connectivity index (χ1) is 44.9. The van der Waals surface area contributed by atoms with E-state index in [-0.39, 0.29) is 55.0 Å². The standard InChI is InChI=1S/C73H98N10O12S/c1-42(80(14)68(92)94-71(6,7)8)60(84)78-58(70(3,4)5)66(90)83-41-51(39-57(83)65(89)77-55-30-22-26-45-24-18-20-28-53(45)55)75-63(87)47-33-31-46(32-34-47)62(86)74-50-36-35-48-38-56(64(88)76-54-29-21-25-44-23-17-19-27-52(44)54)82(40-49(48)37-50)67(91)59(73(12,13)96-16)79-61(85)43(2)81(15)69(93)95-72(9,10)11/h17-20,23-24,27-28,31-37,42-43,51,54-59H,21-22,25-26,29-30,38-41H2,1-16H3,(H,74,86)(H,75,87)(H,76,88)(H,77,89)(H,78,84)(H,79,85)/t42-,43-,51?,54+,55?,56-,57?,58?,59+/m0/s1. The van der Waals surface area contributed by atoms with Gasteiger partial charge in [-0.15, -0.1) is 0 Å². The Morgan fingerprint density at radius 1 is 0.552 bits per heavy atom. The number of hydrogen-bond acceptors (Lipinski definition) is 13. The van der Waals surface area contributed by atoms with Crippen molar-refractivity contribution in [3.8, 4) is 0 Å². The molecule has 4 aliphatic rings. The molecule has 0 aromatic heterocycles. The maximum atomic E-state index is 15.4. The number of aryl methyl sites for hydroxylation is 2. The van der Waals surface area contributed by atoms with Crippen molar-refractivity contribution in [1.29, 1.82) is 0 Å². The molecule has 2 aliphatic heterocycles. The Hall–Kier alpha value is -8.47. The first kappa shape index (κ1) is 73.3. The second kappa shape index (κ2) is 29.9. The molecule has 8 rings (SSSR count). The summed E-state index contributed by atoms with van der Waals surface area (Å²) in [6.45, 7) is 22.3. The van der Waals surface area contributed by atoms with Crippen molar-refractivity contribution in [1.82, 2.24) is 46.2 Å². The van der Waals surface area contributed by atoms with Crippen LogP contribution in [0.1, 0.15) is 188 Å². The van der Waals surface area contributed by atoms with Gasteiger partial charge >= 0.3 is 12.2 Å². The number of nitrogens with one attached hydrogen (secondary N) is 6. The first-order valence-corrected chi connectivity index (χ1v) is 34.5. The van der Waals surface area contributed by atoms with Crippen LogP contribution in [-0.4, -0.2) is 164 Å².